The van der Waals surface area contributed by atoms with Gasteiger partial charge in [-0.3, -0.25) is 4.79 Å². The highest BCUT2D eigenvalue weighted by molar-refractivity contribution is 6.00. The van der Waals surface area contributed by atoms with Gasteiger partial charge in [0.15, 0.2) is 0 Å². The van der Waals surface area contributed by atoms with E-state index < -0.39 is 0 Å². The normalized spacial score (nSPS) is 11.1. The van der Waals surface area contributed by atoms with Gasteiger partial charge in [0.25, 0.3) is 5.91 Å². The fourth-order valence-electron chi connectivity index (χ4n) is 3.49. The van der Waals surface area contributed by atoms with Crippen LogP contribution in [0.5, 0.6) is 11.5 Å². The maximum absolute atomic E-state index is 12.4. The molecule has 0 spiro atoms. The number of nitrogens with zero attached hydrogens (tertiary/aromatic N) is 1. The monoisotopic (exact) mass is 401 g/mol. The van der Waals surface area contributed by atoms with Crippen LogP contribution in [0.15, 0.2) is 60.9 Å². The summed E-state index contributed by atoms with van der Waals surface area (Å²) >= 11 is 0. The fraction of sp³-hybridized carbons (Fsp3) is 0.167. The lowest BCUT2D eigenvalue weighted by atomic mass is 10.00. The summed E-state index contributed by atoms with van der Waals surface area (Å²) in [7, 11) is 1.65. The molecule has 0 aliphatic rings. The molecule has 0 unspecified atom stereocenters. The Morgan fingerprint density at radius 3 is 2.67 bits per heavy atom. The van der Waals surface area contributed by atoms with Crippen molar-refractivity contribution in [3.8, 4) is 33.8 Å². The molecule has 0 saturated heterocycles. The molecule has 30 heavy (non-hydrogen) atoms. The average Bonchev–Trinajstić information content (AvgIpc) is 3.16. The summed E-state index contributed by atoms with van der Waals surface area (Å²) < 4.78 is 5.51. The van der Waals surface area contributed by atoms with E-state index >= 15 is 0 Å². The molecular formula is C24H23N3O3. The van der Waals surface area contributed by atoms with Gasteiger partial charge < -0.3 is 20.1 Å². The minimum absolute atomic E-state index is 0.0261. The quantitative estimate of drug-likeness (QED) is 0.450. The number of carbonyl (C=O) groups excluding carboxylic acids is 1. The summed E-state index contributed by atoms with van der Waals surface area (Å²) in [6.07, 6.45) is 3.67. The van der Waals surface area contributed by atoms with Crippen LogP contribution in [0.1, 0.15) is 24.2 Å². The Balaban J connectivity index is 1.80. The SMILES string of the molecule is COc1ccccc1-c1c[nH]c2ncc(-c3ccc(O)c(C(=O)NC(C)C)c3)cc12. The van der Waals surface area contributed by atoms with Crippen LogP contribution in [0.2, 0.25) is 0 Å². The maximum atomic E-state index is 12.4. The molecule has 4 aromatic rings. The Morgan fingerprint density at radius 2 is 1.90 bits per heavy atom. The van der Waals surface area contributed by atoms with Crippen molar-refractivity contribution in [2.24, 2.45) is 0 Å². The number of phenols is 1. The van der Waals surface area contributed by atoms with Crippen molar-refractivity contribution in [3.05, 3.63) is 66.5 Å². The van der Waals surface area contributed by atoms with E-state index in [0.717, 1.165) is 39.0 Å². The van der Waals surface area contributed by atoms with Crippen LogP contribution < -0.4 is 10.1 Å². The predicted molar refractivity (Wildman–Crippen MR) is 118 cm³/mol. The molecule has 6 nitrogen and oxygen atoms in total. The third-order valence-electron chi connectivity index (χ3n) is 4.92. The second-order valence-electron chi connectivity index (χ2n) is 7.38. The zero-order valence-electron chi connectivity index (χ0n) is 17.1. The van der Waals surface area contributed by atoms with E-state index in [-0.39, 0.29) is 23.3 Å². The van der Waals surface area contributed by atoms with Gasteiger partial charge in [-0.2, -0.15) is 0 Å². The first-order chi connectivity index (χ1) is 14.5. The van der Waals surface area contributed by atoms with Gasteiger partial charge in [-0.05, 0) is 43.7 Å². The zero-order chi connectivity index (χ0) is 21.3. The number of carbonyl (C=O) groups is 1. The summed E-state index contributed by atoms with van der Waals surface area (Å²) in [5, 5.41) is 13.9. The van der Waals surface area contributed by atoms with Crippen molar-refractivity contribution in [2.45, 2.75) is 19.9 Å². The Hall–Kier alpha value is -3.80. The van der Waals surface area contributed by atoms with Gasteiger partial charge in [-0.15, -0.1) is 0 Å². The minimum Gasteiger partial charge on any atom is -0.507 e. The first-order valence-electron chi connectivity index (χ1n) is 9.72. The van der Waals surface area contributed by atoms with E-state index in [2.05, 4.69) is 15.3 Å². The van der Waals surface area contributed by atoms with Crippen LogP contribution in [0.3, 0.4) is 0 Å². The number of aromatic nitrogens is 2. The molecule has 0 radical (unpaired) electrons. The average molecular weight is 401 g/mol. The highest BCUT2D eigenvalue weighted by Crippen LogP contribution is 2.36. The summed E-state index contributed by atoms with van der Waals surface area (Å²) in [5.74, 6) is 0.415. The van der Waals surface area contributed by atoms with Gasteiger partial charge in [0.05, 0.1) is 12.7 Å². The van der Waals surface area contributed by atoms with E-state index in [9.17, 15) is 9.90 Å². The molecule has 0 saturated carbocycles. The van der Waals surface area contributed by atoms with Gasteiger partial charge in [0.2, 0.25) is 0 Å². The molecule has 1 amide bonds. The lowest BCUT2D eigenvalue weighted by molar-refractivity contribution is 0.0940. The largest absolute Gasteiger partial charge is 0.507 e. The summed E-state index contributed by atoms with van der Waals surface area (Å²) in [5.41, 5.74) is 4.58. The van der Waals surface area contributed by atoms with Gasteiger partial charge in [0.1, 0.15) is 17.1 Å². The number of para-hydroxylation sites is 1. The van der Waals surface area contributed by atoms with Crippen molar-refractivity contribution in [1.29, 1.82) is 0 Å². The highest BCUT2D eigenvalue weighted by atomic mass is 16.5. The number of nitrogens with one attached hydrogen (secondary N) is 2. The van der Waals surface area contributed by atoms with Gasteiger partial charge in [0, 0.05) is 40.5 Å². The van der Waals surface area contributed by atoms with E-state index in [1.165, 1.54) is 6.07 Å². The number of aromatic amines is 1. The number of phenolic OH excluding ortho intramolecular Hbond substituents is 1. The Morgan fingerprint density at radius 1 is 1.10 bits per heavy atom. The smallest absolute Gasteiger partial charge is 0.255 e. The predicted octanol–water partition coefficient (Wildman–Crippen LogP) is 4.75. The highest BCUT2D eigenvalue weighted by Gasteiger charge is 2.16. The lowest BCUT2D eigenvalue weighted by Gasteiger charge is -2.11. The molecule has 0 aliphatic carbocycles. The van der Waals surface area contributed by atoms with E-state index in [4.69, 9.17) is 4.74 Å². The molecule has 0 bridgehead atoms. The molecule has 6 heteroatoms. The first kappa shape index (κ1) is 19.5. The number of H-pyrrole nitrogens is 1. The number of amides is 1. The van der Waals surface area contributed by atoms with Gasteiger partial charge >= 0.3 is 0 Å². The first-order valence-corrected chi connectivity index (χ1v) is 9.72. The zero-order valence-corrected chi connectivity index (χ0v) is 17.1. The van der Waals surface area contributed by atoms with Crippen molar-refractivity contribution in [3.63, 3.8) is 0 Å². The molecule has 2 aromatic heterocycles. The van der Waals surface area contributed by atoms with Gasteiger partial charge in [-0.25, -0.2) is 4.98 Å². The van der Waals surface area contributed by atoms with Crippen LogP contribution in [0, 0.1) is 0 Å². The second kappa shape index (κ2) is 7.91. The topological polar surface area (TPSA) is 87.2 Å². The molecule has 4 rings (SSSR count). The summed E-state index contributed by atoms with van der Waals surface area (Å²) in [6.45, 7) is 3.75. The molecule has 2 heterocycles. The third kappa shape index (κ3) is 3.59. The van der Waals surface area contributed by atoms with E-state index in [1.54, 1.807) is 25.4 Å². The van der Waals surface area contributed by atoms with Crippen LogP contribution in [0.4, 0.5) is 0 Å². The number of methoxy groups -OCH3 is 1. The molecular weight excluding hydrogens is 378 g/mol. The molecule has 152 valence electrons. The number of hydrogen-bond acceptors (Lipinski definition) is 4. The molecule has 0 atom stereocenters. The van der Waals surface area contributed by atoms with Crippen molar-refractivity contribution >= 4 is 16.9 Å². The Kier molecular flexibility index (Phi) is 5.14. The Labute approximate surface area is 174 Å². The number of benzene rings is 2. The summed E-state index contributed by atoms with van der Waals surface area (Å²) in [4.78, 5) is 20.2. The molecule has 0 fully saturated rings. The maximum Gasteiger partial charge on any atom is 0.255 e. The molecule has 0 aliphatic heterocycles. The van der Waals surface area contributed by atoms with Crippen LogP contribution in [-0.4, -0.2) is 34.1 Å². The summed E-state index contributed by atoms with van der Waals surface area (Å²) in [6, 6.07) is 14.8. The van der Waals surface area contributed by atoms with Crippen molar-refractivity contribution in [1.82, 2.24) is 15.3 Å². The van der Waals surface area contributed by atoms with E-state index in [0.29, 0.717) is 0 Å². The number of ether oxygens (including phenoxy) is 1. The number of hydrogen-bond donors (Lipinski definition) is 3. The lowest BCUT2D eigenvalue weighted by Crippen LogP contribution is -2.30. The third-order valence-corrected chi connectivity index (χ3v) is 4.92. The van der Waals surface area contributed by atoms with Crippen molar-refractivity contribution < 1.29 is 14.6 Å². The number of pyridine rings is 1. The van der Waals surface area contributed by atoms with Crippen LogP contribution >= 0.6 is 0 Å². The Bertz CT molecular complexity index is 1230. The molecule has 3 N–H and O–H groups in total. The van der Waals surface area contributed by atoms with Gasteiger partial charge in [-0.1, -0.05) is 24.3 Å². The number of aromatic hydroxyl groups is 1. The standard InChI is InChI=1S/C24H23N3O3/c1-14(2)27-24(29)19-10-15(8-9-21(19)28)16-11-18-20(13-26-23(18)25-12-16)17-6-4-5-7-22(17)30-3/h4-14,28H,1-3H3,(H,25,26)(H,27,29). The number of rotatable bonds is 5. The van der Waals surface area contributed by atoms with E-state index in [1.807, 2.05) is 50.4 Å². The fourth-order valence-corrected chi connectivity index (χ4v) is 3.49. The van der Waals surface area contributed by atoms with Crippen LogP contribution in [0.25, 0.3) is 33.3 Å². The second-order valence-corrected chi connectivity index (χ2v) is 7.38. The van der Waals surface area contributed by atoms with Crippen LogP contribution in [-0.2, 0) is 0 Å². The molecule has 2 aromatic carbocycles. The minimum atomic E-state index is -0.310. The van der Waals surface area contributed by atoms with Crippen molar-refractivity contribution in [2.75, 3.05) is 7.11 Å². The number of fused-ring (bicyclic) bond motifs is 1.